The Morgan fingerprint density at radius 2 is 2.21 bits per heavy atom. The lowest BCUT2D eigenvalue weighted by atomic mass is 10.00. The van der Waals surface area contributed by atoms with Crippen molar-refractivity contribution in [2.75, 3.05) is 39.8 Å². The fraction of sp³-hybridized carbons (Fsp3) is 0.714. The smallest absolute Gasteiger partial charge is 0.0300 e. The first kappa shape index (κ1) is 15.4. The maximum atomic E-state index is 3.54. The molecule has 1 N–H and O–H groups in total. The second-order valence-electron chi connectivity index (χ2n) is 5.92. The fourth-order valence-corrected chi connectivity index (χ4v) is 3.85. The molecule has 2 rings (SSSR count). The first-order chi connectivity index (χ1) is 8.97. The summed E-state index contributed by atoms with van der Waals surface area (Å²) in [7, 11) is 2.23. The molecule has 1 saturated heterocycles. The highest BCUT2D eigenvalue weighted by Crippen LogP contribution is 2.20. The van der Waals surface area contributed by atoms with Crippen LogP contribution < -0.4 is 5.32 Å². The third-order valence-corrected chi connectivity index (χ3v) is 5.62. The summed E-state index contributed by atoms with van der Waals surface area (Å²) < 4.78 is 1.19. The fourth-order valence-electron chi connectivity index (χ4n) is 2.43. The molecular formula is C14H24BrN3S. The van der Waals surface area contributed by atoms with Gasteiger partial charge in [-0.2, -0.15) is 0 Å². The third-order valence-electron chi connectivity index (χ3n) is 3.92. The number of piperazine rings is 1. The van der Waals surface area contributed by atoms with Gasteiger partial charge in [0.25, 0.3) is 0 Å². The van der Waals surface area contributed by atoms with E-state index < -0.39 is 0 Å². The molecular weight excluding hydrogens is 322 g/mol. The summed E-state index contributed by atoms with van der Waals surface area (Å²) in [6, 6.07) is 2.19. The third kappa shape index (κ3) is 4.53. The van der Waals surface area contributed by atoms with Gasteiger partial charge in [-0.15, -0.1) is 11.3 Å². The van der Waals surface area contributed by atoms with Crippen molar-refractivity contribution in [3.63, 3.8) is 0 Å². The molecule has 2 heterocycles. The number of nitrogens with zero attached hydrogens (tertiary/aromatic N) is 2. The molecule has 0 unspecified atom stereocenters. The lowest BCUT2D eigenvalue weighted by Crippen LogP contribution is -2.58. The molecule has 0 spiro atoms. The quantitative estimate of drug-likeness (QED) is 0.827. The lowest BCUT2D eigenvalue weighted by Gasteiger charge is -2.45. The number of nitrogens with one attached hydrogen (secondary N) is 1. The van der Waals surface area contributed by atoms with Gasteiger partial charge in [-0.25, -0.2) is 0 Å². The maximum absolute atomic E-state index is 3.54. The molecule has 0 amide bonds. The van der Waals surface area contributed by atoms with Crippen LogP contribution in [0.5, 0.6) is 0 Å². The van der Waals surface area contributed by atoms with E-state index in [1.807, 2.05) is 0 Å². The molecule has 5 heteroatoms. The summed E-state index contributed by atoms with van der Waals surface area (Å²) in [6.07, 6.45) is 0. The SMILES string of the molecule is CN1CCN(CCNCc2cc(Br)cs2)CC1(C)C. The number of halogens is 1. The van der Waals surface area contributed by atoms with Crippen molar-refractivity contribution in [2.45, 2.75) is 25.9 Å². The minimum Gasteiger partial charge on any atom is -0.311 e. The van der Waals surface area contributed by atoms with Gasteiger partial charge in [0.15, 0.2) is 0 Å². The van der Waals surface area contributed by atoms with Crippen LogP contribution in [0.15, 0.2) is 15.9 Å². The Hall–Kier alpha value is 0.0600. The predicted octanol–water partition coefficient (Wildman–Crippen LogP) is 2.63. The Bertz CT molecular complexity index is 405. The van der Waals surface area contributed by atoms with Crippen LogP contribution in [-0.2, 0) is 6.54 Å². The summed E-state index contributed by atoms with van der Waals surface area (Å²) >= 11 is 5.30. The number of rotatable bonds is 5. The van der Waals surface area contributed by atoms with Crippen LogP contribution in [0.2, 0.25) is 0 Å². The van der Waals surface area contributed by atoms with Crippen LogP contribution in [0.3, 0.4) is 0 Å². The normalized spacial score (nSPS) is 20.8. The highest BCUT2D eigenvalue weighted by molar-refractivity contribution is 9.10. The topological polar surface area (TPSA) is 18.5 Å². The van der Waals surface area contributed by atoms with Crippen molar-refractivity contribution >= 4 is 27.3 Å². The first-order valence-electron chi connectivity index (χ1n) is 6.84. The van der Waals surface area contributed by atoms with Crippen LogP contribution in [0.4, 0.5) is 0 Å². The van der Waals surface area contributed by atoms with Crippen LogP contribution in [0.25, 0.3) is 0 Å². The molecule has 3 nitrogen and oxygen atoms in total. The number of thiophene rings is 1. The molecule has 1 aliphatic rings. The second kappa shape index (κ2) is 6.68. The van der Waals surface area contributed by atoms with Crippen molar-refractivity contribution in [3.8, 4) is 0 Å². The van der Waals surface area contributed by atoms with Crippen LogP contribution in [0, 0.1) is 0 Å². The number of hydrogen-bond donors (Lipinski definition) is 1. The highest BCUT2D eigenvalue weighted by Gasteiger charge is 2.30. The van der Waals surface area contributed by atoms with Gasteiger partial charge in [-0.05, 0) is 42.9 Å². The summed E-state index contributed by atoms with van der Waals surface area (Å²) in [5, 5.41) is 5.67. The number of hydrogen-bond acceptors (Lipinski definition) is 4. The van der Waals surface area contributed by atoms with Gasteiger partial charge < -0.3 is 5.32 Å². The van der Waals surface area contributed by atoms with Crippen molar-refractivity contribution in [2.24, 2.45) is 0 Å². The summed E-state index contributed by atoms with van der Waals surface area (Å²) in [6.45, 7) is 11.4. The van der Waals surface area contributed by atoms with Gasteiger partial charge in [0.2, 0.25) is 0 Å². The largest absolute Gasteiger partial charge is 0.311 e. The summed E-state index contributed by atoms with van der Waals surface area (Å²) in [5.74, 6) is 0. The van der Waals surface area contributed by atoms with E-state index in [-0.39, 0.29) is 0 Å². The molecule has 0 atom stereocenters. The van der Waals surface area contributed by atoms with Crippen LogP contribution >= 0.6 is 27.3 Å². The van der Waals surface area contributed by atoms with E-state index in [0.29, 0.717) is 5.54 Å². The van der Waals surface area contributed by atoms with Gasteiger partial charge >= 0.3 is 0 Å². The Morgan fingerprint density at radius 1 is 1.42 bits per heavy atom. The van der Waals surface area contributed by atoms with Crippen molar-refractivity contribution in [1.82, 2.24) is 15.1 Å². The Morgan fingerprint density at radius 3 is 2.84 bits per heavy atom. The summed E-state index contributed by atoms with van der Waals surface area (Å²) in [5.41, 5.74) is 0.302. The molecule has 0 radical (unpaired) electrons. The Balaban J connectivity index is 1.66. The van der Waals surface area contributed by atoms with Gasteiger partial charge in [0.1, 0.15) is 0 Å². The minimum absolute atomic E-state index is 0.302. The highest BCUT2D eigenvalue weighted by atomic mass is 79.9. The second-order valence-corrected chi connectivity index (χ2v) is 7.83. The van der Waals surface area contributed by atoms with Gasteiger partial charge in [-0.1, -0.05) is 0 Å². The van der Waals surface area contributed by atoms with E-state index in [1.165, 1.54) is 22.4 Å². The molecule has 0 saturated carbocycles. The van der Waals surface area contributed by atoms with Crippen LogP contribution in [0.1, 0.15) is 18.7 Å². The zero-order valence-corrected chi connectivity index (χ0v) is 14.5. The molecule has 108 valence electrons. The standard InChI is InChI=1S/C14H24BrN3S/c1-14(2)11-18(7-6-17(14)3)5-4-16-9-13-8-12(15)10-19-13/h8,10,16H,4-7,9,11H2,1-3H3. The van der Waals surface area contributed by atoms with Crippen molar-refractivity contribution in [3.05, 3.63) is 20.8 Å². The molecule has 0 aliphatic carbocycles. The minimum atomic E-state index is 0.302. The lowest BCUT2D eigenvalue weighted by molar-refractivity contribution is 0.0407. The van der Waals surface area contributed by atoms with E-state index in [4.69, 9.17) is 0 Å². The summed E-state index contributed by atoms with van der Waals surface area (Å²) in [4.78, 5) is 6.42. The average molecular weight is 346 g/mol. The van der Waals surface area contributed by atoms with Crippen molar-refractivity contribution in [1.29, 1.82) is 0 Å². The molecule has 1 aromatic rings. The first-order valence-corrected chi connectivity index (χ1v) is 8.52. The maximum Gasteiger partial charge on any atom is 0.0300 e. The van der Waals surface area contributed by atoms with Gasteiger partial charge in [-0.3, -0.25) is 9.80 Å². The van der Waals surface area contributed by atoms with Crippen molar-refractivity contribution < 1.29 is 0 Å². The molecule has 19 heavy (non-hydrogen) atoms. The van der Waals surface area contributed by atoms with E-state index in [0.717, 1.165) is 26.2 Å². The Kier molecular flexibility index (Phi) is 5.43. The molecule has 1 aromatic heterocycles. The molecule has 1 fully saturated rings. The molecule has 0 bridgehead atoms. The van der Waals surface area contributed by atoms with Gasteiger partial charge in [0, 0.05) is 59.5 Å². The van der Waals surface area contributed by atoms with E-state index >= 15 is 0 Å². The van der Waals surface area contributed by atoms with E-state index in [9.17, 15) is 0 Å². The monoisotopic (exact) mass is 345 g/mol. The van der Waals surface area contributed by atoms with E-state index in [2.05, 4.69) is 63.4 Å². The molecule has 1 aliphatic heterocycles. The molecule has 0 aromatic carbocycles. The zero-order chi connectivity index (χ0) is 13.9. The van der Waals surface area contributed by atoms with Gasteiger partial charge in [0.05, 0.1) is 0 Å². The zero-order valence-electron chi connectivity index (χ0n) is 12.1. The Labute approximate surface area is 129 Å². The predicted molar refractivity (Wildman–Crippen MR) is 86.9 cm³/mol. The number of likely N-dealkylation sites (N-methyl/N-ethyl adjacent to an activating group) is 1. The average Bonchev–Trinajstić information content (AvgIpc) is 2.75. The van der Waals surface area contributed by atoms with Crippen LogP contribution in [-0.4, -0.2) is 55.1 Å². The van der Waals surface area contributed by atoms with E-state index in [1.54, 1.807) is 11.3 Å².